The molecular formula is C8H24N4. The molecule has 0 radical (unpaired) electrons. The predicted octanol–water partition coefficient (Wildman–Crippen LogP) is 2.25. The van der Waals surface area contributed by atoms with Gasteiger partial charge in [-0.25, -0.2) is 11.0 Å². The molecule has 0 amide bonds. The molecule has 0 unspecified atom stereocenters. The summed E-state index contributed by atoms with van der Waals surface area (Å²) in [6, 6.07) is 0. The fourth-order valence-corrected chi connectivity index (χ4v) is 0.525. The van der Waals surface area contributed by atoms with Gasteiger partial charge in [-0.15, -0.1) is 0 Å². The first kappa shape index (κ1) is 11.4. The average Bonchev–Trinajstić information content (AvgIpc) is 1.95. The van der Waals surface area contributed by atoms with Crippen molar-refractivity contribution in [2.24, 2.45) is 22.2 Å². The van der Waals surface area contributed by atoms with Crippen molar-refractivity contribution in [3.8, 4) is 0 Å². The van der Waals surface area contributed by atoms with Crippen LogP contribution < -0.4 is 11.0 Å². The minimum Gasteiger partial charge on any atom is -0.224 e. The third kappa shape index (κ3) is 9.36. The maximum Gasteiger partial charge on any atom is 0.0643 e. The molecule has 0 aromatic carbocycles. The van der Waals surface area contributed by atoms with Gasteiger partial charge in [0.2, 0.25) is 0 Å². The van der Waals surface area contributed by atoms with Crippen molar-refractivity contribution in [2.45, 2.75) is 27.7 Å². The molecule has 0 fully saturated rings. The maximum absolute atomic E-state index is 3.92. The van der Waals surface area contributed by atoms with E-state index in [1.807, 2.05) is 0 Å². The molecule has 76 valence electrons. The summed E-state index contributed by atoms with van der Waals surface area (Å²) in [7, 11) is 0. The quantitative estimate of drug-likeness (QED) is 0.370. The first-order valence-electron chi connectivity index (χ1n) is 4.47. The van der Waals surface area contributed by atoms with Crippen LogP contribution in [0, 0.1) is 11.8 Å². The van der Waals surface area contributed by atoms with E-state index in [9.17, 15) is 0 Å². The number of rotatable bonds is 6. The maximum atomic E-state index is 3.92. The highest BCUT2D eigenvalue weighted by atomic mass is 15.6. The Hall–Kier alpha value is -0.640. The van der Waals surface area contributed by atoms with Crippen molar-refractivity contribution >= 4 is 0 Å². The summed E-state index contributed by atoms with van der Waals surface area (Å²) in [5.74, 6) is 1.19. The highest BCUT2D eigenvalue weighted by Crippen LogP contribution is 1.90. The Morgan fingerprint density at radius 1 is 1.17 bits per heavy atom. The van der Waals surface area contributed by atoms with Gasteiger partial charge >= 0.3 is 0 Å². The second kappa shape index (κ2) is 7.03. The molecule has 0 saturated carbocycles. The van der Waals surface area contributed by atoms with E-state index in [4.69, 9.17) is 0 Å². The van der Waals surface area contributed by atoms with Crippen LogP contribution >= 0.6 is 0 Å². The molecule has 2 N–H and O–H groups in total. The van der Waals surface area contributed by atoms with Crippen LogP contribution in [0.4, 0.5) is 0 Å². The molecule has 0 rings (SSSR count). The Bertz CT molecular complexity index is 129. The van der Waals surface area contributed by atoms with Gasteiger partial charge in [-0.2, -0.15) is 5.11 Å². The van der Waals surface area contributed by atoms with E-state index in [2.05, 4.69) is 49.0 Å². The zero-order valence-electron chi connectivity index (χ0n) is 8.46. The van der Waals surface area contributed by atoms with Crippen LogP contribution in [0.2, 0.25) is 0 Å². The largest absolute Gasteiger partial charge is 0.224 e. The van der Waals surface area contributed by atoms with Gasteiger partial charge in [0, 0.05) is 9.40 Å². The molecule has 0 aliphatic heterocycles. The fourth-order valence-electron chi connectivity index (χ4n) is 0.525. The van der Waals surface area contributed by atoms with Crippen molar-refractivity contribution in [3.63, 3.8) is 0 Å². The first-order chi connectivity index (χ1) is 5.63. The molecule has 0 aliphatic rings. The van der Waals surface area contributed by atoms with E-state index < -0.39 is 0 Å². The Balaban J connectivity index is -0.000000605. The van der Waals surface area contributed by atoms with Crippen molar-refractivity contribution in [3.05, 3.63) is 0 Å². The first-order valence-corrected chi connectivity index (χ1v) is 4.47. The summed E-state index contributed by atoms with van der Waals surface area (Å²) in [5, 5.41) is 7.67. The molecule has 0 aromatic heterocycles. The zero-order chi connectivity index (χ0) is 9.40. The number of hydrogen-bond acceptors (Lipinski definition) is 3. The molecule has 0 saturated heterocycles. The molecule has 0 heterocycles. The zero-order valence-corrected chi connectivity index (χ0v) is 8.46. The highest BCUT2D eigenvalue weighted by Gasteiger charge is 1.90. The van der Waals surface area contributed by atoms with Gasteiger partial charge in [0.1, 0.15) is 0 Å². The predicted molar refractivity (Wildman–Crippen MR) is 54.8 cm³/mol. The lowest BCUT2D eigenvalue weighted by atomic mass is 10.2. The summed E-state index contributed by atoms with van der Waals surface area (Å²) >= 11 is 0. The summed E-state index contributed by atoms with van der Waals surface area (Å²) in [4.78, 5) is 0. The molecule has 0 spiro atoms. The van der Waals surface area contributed by atoms with E-state index in [-0.39, 0.29) is 2.85 Å². The van der Waals surface area contributed by atoms with Crippen LogP contribution in [0.1, 0.15) is 30.5 Å². The average molecular weight is 176 g/mol. The fraction of sp³-hybridized carbons (Fsp3) is 1.00. The normalized spacial score (nSPS) is 11.8. The van der Waals surface area contributed by atoms with Gasteiger partial charge in [0.05, 0.1) is 6.54 Å². The standard InChI is InChI=1S/C8H20N4.2H2/c1-7(2)5-9-11-12-10-6-8(3)4;;/h7-8H,5-6H2,1-4H3,(H,9,12)(H,10,11);2*1H. The van der Waals surface area contributed by atoms with Crippen molar-refractivity contribution in [1.82, 2.24) is 11.0 Å². The molecule has 0 bridgehead atoms. The number of nitrogens with zero attached hydrogens (tertiary/aromatic N) is 2. The molecular weight excluding hydrogens is 152 g/mol. The Kier molecular flexibility index (Phi) is 6.66. The van der Waals surface area contributed by atoms with Crippen LogP contribution in [0.5, 0.6) is 0 Å². The lowest BCUT2D eigenvalue weighted by molar-refractivity contribution is 0.461. The molecule has 4 heteroatoms. The SMILES string of the molecule is CC(C)CN=NNNCC(C)C.[HH].[HH]. The van der Waals surface area contributed by atoms with Gasteiger partial charge in [-0.1, -0.05) is 32.9 Å². The van der Waals surface area contributed by atoms with E-state index in [1.54, 1.807) is 0 Å². The summed E-state index contributed by atoms with van der Waals surface area (Å²) in [6.45, 7) is 10.2. The van der Waals surface area contributed by atoms with Gasteiger partial charge in [-0.3, -0.25) is 0 Å². The summed E-state index contributed by atoms with van der Waals surface area (Å²) in [5.41, 5.74) is 5.63. The molecule has 0 atom stereocenters. The van der Waals surface area contributed by atoms with Crippen LogP contribution in [0.25, 0.3) is 0 Å². The third-order valence-electron chi connectivity index (χ3n) is 1.16. The lowest BCUT2D eigenvalue weighted by Gasteiger charge is -2.04. The second-order valence-electron chi connectivity index (χ2n) is 3.70. The number of hydrogen-bond donors (Lipinski definition) is 2. The van der Waals surface area contributed by atoms with E-state index in [0.29, 0.717) is 11.8 Å². The summed E-state index contributed by atoms with van der Waals surface area (Å²) < 4.78 is 0. The third-order valence-corrected chi connectivity index (χ3v) is 1.16. The minimum atomic E-state index is 0. The van der Waals surface area contributed by atoms with Crippen LogP contribution in [-0.2, 0) is 0 Å². The number of hydrazine groups is 1. The summed E-state index contributed by atoms with van der Waals surface area (Å²) in [6.07, 6.45) is 0. The minimum absolute atomic E-state index is 0. The van der Waals surface area contributed by atoms with Crippen molar-refractivity contribution in [2.75, 3.05) is 13.1 Å². The Labute approximate surface area is 77.8 Å². The number of nitrogens with one attached hydrogen (secondary N) is 2. The highest BCUT2D eigenvalue weighted by molar-refractivity contribution is 4.45. The molecule has 12 heavy (non-hydrogen) atoms. The van der Waals surface area contributed by atoms with Crippen LogP contribution in [0.3, 0.4) is 0 Å². The smallest absolute Gasteiger partial charge is 0.0643 e. The van der Waals surface area contributed by atoms with Gasteiger partial charge in [-0.05, 0) is 11.8 Å². The van der Waals surface area contributed by atoms with Crippen LogP contribution in [-0.4, -0.2) is 13.1 Å². The lowest BCUT2D eigenvalue weighted by Crippen LogP contribution is -2.30. The van der Waals surface area contributed by atoms with E-state index in [1.165, 1.54) is 0 Å². The Morgan fingerprint density at radius 2 is 1.83 bits per heavy atom. The van der Waals surface area contributed by atoms with Gasteiger partial charge < -0.3 is 0 Å². The molecule has 0 aliphatic carbocycles. The Morgan fingerprint density at radius 3 is 2.33 bits per heavy atom. The topological polar surface area (TPSA) is 48.8 Å². The van der Waals surface area contributed by atoms with Gasteiger partial charge in [0.15, 0.2) is 0 Å². The monoisotopic (exact) mass is 176 g/mol. The molecule has 0 aromatic rings. The second-order valence-corrected chi connectivity index (χ2v) is 3.70. The van der Waals surface area contributed by atoms with Crippen molar-refractivity contribution in [1.29, 1.82) is 0 Å². The van der Waals surface area contributed by atoms with Crippen molar-refractivity contribution < 1.29 is 2.85 Å². The van der Waals surface area contributed by atoms with Crippen LogP contribution in [0.15, 0.2) is 10.3 Å². The van der Waals surface area contributed by atoms with E-state index >= 15 is 0 Å². The molecule has 4 nitrogen and oxygen atoms in total. The van der Waals surface area contributed by atoms with Gasteiger partial charge in [0.25, 0.3) is 0 Å². The van der Waals surface area contributed by atoms with E-state index in [0.717, 1.165) is 13.1 Å².